The molecule has 2 aliphatic rings. The molecule has 1 aliphatic carbocycles. The van der Waals surface area contributed by atoms with E-state index < -0.39 is 0 Å². The number of fused-ring (bicyclic) bond motifs is 2. The smallest absolute Gasteiger partial charge is 0.343 e. The minimum atomic E-state index is -0.332. The Bertz CT molecular complexity index is 1760. The number of ether oxygens (including phenoxy) is 2. The van der Waals surface area contributed by atoms with Crippen molar-refractivity contribution < 1.29 is 14.3 Å². The molecule has 0 saturated carbocycles. The van der Waals surface area contributed by atoms with Crippen molar-refractivity contribution in [1.82, 2.24) is 19.9 Å². The highest BCUT2D eigenvalue weighted by atomic mass is 16.5. The molecule has 0 amide bonds. The van der Waals surface area contributed by atoms with Crippen LogP contribution >= 0.6 is 0 Å². The Balaban J connectivity index is 1.16. The molecule has 7 heteroatoms. The maximum absolute atomic E-state index is 13.1. The third kappa shape index (κ3) is 5.41. The van der Waals surface area contributed by atoms with Crippen LogP contribution in [0.25, 0.3) is 10.9 Å². The van der Waals surface area contributed by atoms with E-state index in [9.17, 15) is 4.79 Å². The minimum Gasteiger partial charge on any atom is -0.496 e. The molecule has 1 fully saturated rings. The maximum Gasteiger partial charge on any atom is 0.343 e. The van der Waals surface area contributed by atoms with Gasteiger partial charge in [0.05, 0.1) is 18.4 Å². The van der Waals surface area contributed by atoms with Crippen LogP contribution in [0.15, 0.2) is 79.4 Å². The molecular weight excluding hydrogens is 536 g/mol. The Morgan fingerprint density at radius 1 is 1.05 bits per heavy atom. The highest BCUT2D eigenvalue weighted by Gasteiger charge is 2.32. The number of piperidine rings is 1. The van der Waals surface area contributed by atoms with Gasteiger partial charge in [-0.25, -0.2) is 4.79 Å². The predicted octanol–water partition coefficient (Wildman–Crippen LogP) is 7.10. The molecule has 0 bridgehead atoms. The first kappa shape index (κ1) is 27.3. The Morgan fingerprint density at radius 3 is 2.72 bits per heavy atom. The zero-order chi connectivity index (χ0) is 29.3. The van der Waals surface area contributed by atoms with E-state index in [1.807, 2.05) is 36.7 Å². The molecule has 0 radical (unpaired) electrons. The summed E-state index contributed by atoms with van der Waals surface area (Å²) in [7, 11) is 1.75. The highest BCUT2D eigenvalue weighted by Crippen LogP contribution is 2.41. The van der Waals surface area contributed by atoms with Crippen LogP contribution in [0, 0.1) is 6.92 Å². The Hall–Kier alpha value is -4.49. The number of aromatic amines is 1. The van der Waals surface area contributed by atoms with Gasteiger partial charge in [-0.15, -0.1) is 0 Å². The van der Waals surface area contributed by atoms with E-state index in [1.165, 1.54) is 33.2 Å². The Morgan fingerprint density at radius 2 is 1.91 bits per heavy atom. The van der Waals surface area contributed by atoms with Crippen LogP contribution in [0.3, 0.4) is 0 Å². The fourth-order valence-corrected chi connectivity index (χ4v) is 6.94. The van der Waals surface area contributed by atoms with Crippen molar-refractivity contribution in [1.29, 1.82) is 0 Å². The summed E-state index contributed by atoms with van der Waals surface area (Å²) in [6, 6.07) is 18.3. The first-order valence-corrected chi connectivity index (χ1v) is 15.1. The zero-order valence-corrected chi connectivity index (χ0v) is 24.7. The first-order chi connectivity index (χ1) is 21.1. The number of likely N-dealkylation sites (tertiary alicyclic amines) is 1. The summed E-state index contributed by atoms with van der Waals surface area (Å²) in [5, 5.41) is 1.19. The normalized spacial score (nSPS) is 18.5. The van der Waals surface area contributed by atoms with Crippen molar-refractivity contribution >= 4 is 16.9 Å². The summed E-state index contributed by atoms with van der Waals surface area (Å²) in [6.07, 6.45) is 12.6. The lowest BCUT2D eigenvalue weighted by atomic mass is 9.84. The molecule has 3 heterocycles. The number of aryl methyl sites for hydroxylation is 3. The van der Waals surface area contributed by atoms with Crippen LogP contribution < -0.4 is 9.47 Å². The number of H-pyrrole nitrogens is 1. The number of hydrogen-bond acceptors (Lipinski definition) is 6. The summed E-state index contributed by atoms with van der Waals surface area (Å²) in [6.45, 7) is 3.76. The van der Waals surface area contributed by atoms with Gasteiger partial charge in [-0.3, -0.25) is 14.9 Å². The third-order valence-electron chi connectivity index (χ3n) is 9.22. The van der Waals surface area contributed by atoms with Gasteiger partial charge in [-0.2, -0.15) is 0 Å². The molecule has 3 aromatic carbocycles. The molecule has 7 nitrogen and oxygen atoms in total. The van der Waals surface area contributed by atoms with Crippen molar-refractivity contribution in [3.63, 3.8) is 0 Å². The molecule has 2 atom stereocenters. The van der Waals surface area contributed by atoms with Crippen LogP contribution in [0.2, 0.25) is 0 Å². The Labute approximate surface area is 251 Å². The van der Waals surface area contributed by atoms with Gasteiger partial charge in [0.25, 0.3) is 0 Å². The number of benzene rings is 3. The molecule has 218 valence electrons. The number of nitrogens with one attached hydrogen (secondary N) is 1. The van der Waals surface area contributed by atoms with Crippen molar-refractivity contribution in [2.45, 2.75) is 57.5 Å². The zero-order valence-electron chi connectivity index (χ0n) is 24.7. The second-order valence-electron chi connectivity index (χ2n) is 11.8. The van der Waals surface area contributed by atoms with E-state index in [0.29, 0.717) is 17.2 Å². The SMILES string of the molecule is COc1cc(C)c2[nH]ccc2c1CN1CC[C@H](c2cnccn2)C[C@H]1c1ccc(C(=O)Oc2ccc3c(c2)CCC3)cc1. The van der Waals surface area contributed by atoms with Gasteiger partial charge in [0.1, 0.15) is 11.5 Å². The molecule has 7 rings (SSSR count). The highest BCUT2D eigenvalue weighted by molar-refractivity contribution is 5.91. The number of hydrogen-bond donors (Lipinski definition) is 1. The molecule has 0 unspecified atom stereocenters. The number of rotatable bonds is 7. The molecule has 1 N–H and O–H groups in total. The van der Waals surface area contributed by atoms with E-state index in [-0.39, 0.29) is 12.0 Å². The van der Waals surface area contributed by atoms with Crippen LogP contribution in [0.1, 0.15) is 75.1 Å². The summed E-state index contributed by atoms with van der Waals surface area (Å²) in [5.74, 6) is 1.49. The molecule has 1 saturated heterocycles. The monoisotopic (exact) mass is 572 g/mol. The molecule has 0 spiro atoms. The second kappa shape index (κ2) is 11.7. The van der Waals surface area contributed by atoms with Gasteiger partial charge >= 0.3 is 5.97 Å². The van der Waals surface area contributed by atoms with E-state index in [1.54, 1.807) is 19.5 Å². The van der Waals surface area contributed by atoms with Crippen molar-refractivity contribution in [2.75, 3.05) is 13.7 Å². The fourth-order valence-electron chi connectivity index (χ4n) is 6.94. The molecule has 2 aromatic heterocycles. The lowest BCUT2D eigenvalue weighted by Gasteiger charge is -2.40. The average molecular weight is 573 g/mol. The molecule has 5 aromatic rings. The molecule has 43 heavy (non-hydrogen) atoms. The lowest BCUT2D eigenvalue weighted by Crippen LogP contribution is -2.36. The van der Waals surface area contributed by atoms with E-state index in [0.717, 1.165) is 62.2 Å². The van der Waals surface area contributed by atoms with Gasteiger partial charge in [-0.1, -0.05) is 18.2 Å². The lowest BCUT2D eigenvalue weighted by molar-refractivity contribution is 0.0734. The number of esters is 1. The summed E-state index contributed by atoms with van der Waals surface area (Å²) in [4.78, 5) is 28.0. The summed E-state index contributed by atoms with van der Waals surface area (Å²) >= 11 is 0. The summed E-state index contributed by atoms with van der Waals surface area (Å²) < 4.78 is 11.7. The van der Waals surface area contributed by atoms with Crippen LogP contribution in [-0.2, 0) is 19.4 Å². The van der Waals surface area contributed by atoms with Crippen molar-refractivity contribution in [3.8, 4) is 11.5 Å². The number of methoxy groups -OCH3 is 1. The minimum absolute atomic E-state index is 0.127. The first-order valence-electron chi connectivity index (χ1n) is 15.1. The van der Waals surface area contributed by atoms with E-state index in [4.69, 9.17) is 9.47 Å². The van der Waals surface area contributed by atoms with Gasteiger partial charge < -0.3 is 14.5 Å². The predicted molar refractivity (Wildman–Crippen MR) is 167 cm³/mol. The third-order valence-corrected chi connectivity index (χ3v) is 9.22. The van der Waals surface area contributed by atoms with Crippen LogP contribution in [0.4, 0.5) is 0 Å². The number of carbonyl (C=O) groups is 1. The van der Waals surface area contributed by atoms with Crippen molar-refractivity contribution in [3.05, 3.63) is 118 Å². The van der Waals surface area contributed by atoms with Gasteiger partial charge in [0, 0.05) is 59.8 Å². The summed E-state index contributed by atoms with van der Waals surface area (Å²) in [5.41, 5.74) is 8.89. The second-order valence-corrected chi connectivity index (χ2v) is 11.8. The largest absolute Gasteiger partial charge is 0.496 e. The van der Waals surface area contributed by atoms with Gasteiger partial charge in [0.15, 0.2) is 0 Å². The Kier molecular flexibility index (Phi) is 7.41. The van der Waals surface area contributed by atoms with E-state index in [2.05, 4.69) is 57.1 Å². The van der Waals surface area contributed by atoms with Crippen LogP contribution in [-0.4, -0.2) is 39.5 Å². The van der Waals surface area contributed by atoms with Crippen LogP contribution in [0.5, 0.6) is 11.5 Å². The quantitative estimate of drug-likeness (QED) is 0.165. The standard InChI is InChI=1S/C36H36N4O3/c1-23-18-34(42-2)31(30-12-14-39-35(23)30)22-40-17-13-28(32-21-37-15-16-38-32)20-33(40)25-6-8-26(9-7-25)36(41)43-29-11-10-24-4-3-5-27(24)19-29/h6-12,14-16,18-19,21,28,33,39H,3-5,13,17,20,22H2,1-2H3/t28-,33-/m0/s1. The number of carbonyl (C=O) groups excluding carboxylic acids is 1. The van der Waals surface area contributed by atoms with E-state index >= 15 is 0 Å². The molecule has 1 aliphatic heterocycles. The average Bonchev–Trinajstić information content (AvgIpc) is 3.73. The topological polar surface area (TPSA) is 80.3 Å². The van der Waals surface area contributed by atoms with Crippen molar-refractivity contribution in [2.24, 2.45) is 0 Å². The number of aromatic nitrogens is 3. The maximum atomic E-state index is 13.1. The number of nitrogens with zero attached hydrogens (tertiary/aromatic N) is 3. The molecular formula is C36H36N4O3. The fraction of sp³-hybridized carbons (Fsp3) is 0.306. The van der Waals surface area contributed by atoms with Gasteiger partial charge in [0.2, 0.25) is 0 Å². The van der Waals surface area contributed by atoms with Gasteiger partial charge in [-0.05, 0) is 104 Å².